The number of nitrogen functional groups attached to an aromatic ring is 1. The van der Waals surface area contributed by atoms with E-state index in [2.05, 4.69) is 4.74 Å². The van der Waals surface area contributed by atoms with Crippen LogP contribution in [0.25, 0.3) is 0 Å². The number of carbonyl (C=O) groups excluding carboxylic acids is 2. The van der Waals surface area contributed by atoms with Crippen molar-refractivity contribution >= 4 is 17.6 Å². The number of nitrogens with zero attached hydrogens (tertiary/aromatic N) is 1. The van der Waals surface area contributed by atoms with E-state index in [-0.39, 0.29) is 12.5 Å². The molecule has 0 aliphatic heterocycles. The molecule has 0 radical (unpaired) electrons. The molecule has 6 heteroatoms. The minimum atomic E-state index is -0.488. The van der Waals surface area contributed by atoms with Crippen molar-refractivity contribution in [3.8, 4) is 5.75 Å². The zero-order valence-electron chi connectivity index (χ0n) is 11.3. The largest absolute Gasteiger partial charge is 0.491 e. The molecule has 0 unspecified atom stereocenters. The summed E-state index contributed by atoms with van der Waals surface area (Å²) in [5.74, 6) is -0.495. The molecule has 1 aromatic rings. The first kappa shape index (κ1) is 14.8. The number of amides is 1. The topological polar surface area (TPSA) is 81.9 Å². The number of likely N-dealkylation sites (N-methyl/N-ethyl adjacent to an activating group) is 1. The molecule has 104 valence electrons. The summed E-state index contributed by atoms with van der Waals surface area (Å²) >= 11 is 0. The van der Waals surface area contributed by atoms with Crippen LogP contribution in [-0.2, 0) is 9.53 Å². The summed E-state index contributed by atoms with van der Waals surface area (Å²) in [5.41, 5.74) is 6.50. The molecule has 0 aliphatic carbocycles. The molecule has 0 heterocycles. The fourth-order valence-corrected chi connectivity index (χ4v) is 1.56. The van der Waals surface area contributed by atoms with Crippen molar-refractivity contribution in [2.75, 3.05) is 33.0 Å². The average Bonchev–Trinajstić information content (AvgIpc) is 2.40. The second kappa shape index (κ2) is 6.63. The number of rotatable bonds is 5. The van der Waals surface area contributed by atoms with E-state index in [9.17, 15) is 9.59 Å². The van der Waals surface area contributed by atoms with Crippen LogP contribution in [0.2, 0.25) is 0 Å². The number of esters is 1. The van der Waals surface area contributed by atoms with Crippen LogP contribution in [0.4, 0.5) is 5.69 Å². The van der Waals surface area contributed by atoms with Crippen LogP contribution < -0.4 is 10.5 Å². The summed E-state index contributed by atoms with van der Waals surface area (Å²) in [4.78, 5) is 24.6. The Kier molecular flexibility index (Phi) is 5.17. The van der Waals surface area contributed by atoms with Gasteiger partial charge >= 0.3 is 5.97 Å². The van der Waals surface area contributed by atoms with E-state index >= 15 is 0 Å². The van der Waals surface area contributed by atoms with Gasteiger partial charge in [-0.1, -0.05) is 6.07 Å². The molecular formula is C13H18N2O4. The van der Waals surface area contributed by atoms with Crippen LogP contribution in [0.3, 0.4) is 0 Å². The minimum absolute atomic E-state index is 0.129. The SMILES string of the molecule is CCOc1c(N)cccc1C(=O)N(C)CC(=O)OC. The zero-order chi connectivity index (χ0) is 14.4. The number of nitrogens with two attached hydrogens (primary N) is 1. The average molecular weight is 266 g/mol. The first-order chi connectivity index (χ1) is 9.01. The lowest BCUT2D eigenvalue weighted by Gasteiger charge is -2.18. The maximum absolute atomic E-state index is 12.2. The molecule has 1 amide bonds. The summed E-state index contributed by atoms with van der Waals surface area (Å²) in [6.07, 6.45) is 0. The molecule has 0 atom stereocenters. The molecule has 0 spiro atoms. The van der Waals surface area contributed by atoms with Crippen molar-refractivity contribution in [1.82, 2.24) is 4.90 Å². The normalized spacial score (nSPS) is 9.84. The van der Waals surface area contributed by atoms with Gasteiger partial charge in [0.2, 0.25) is 0 Å². The van der Waals surface area contributed by atoms with Crippen molar-refractivity contribution < 1.29 is 19.1 Å². The Labute approximate surface area is 112 Å². The second-order valence-corrected chi connectivity index (χ2v) is 3.89. The van der Waals surface area contributed by atoms with Crippen LogP contribution >= 0.6 is 0 Å². The van der Waals surface area contributed by atoms with Crippen LogP contribution in [-0.4, -0.2) is 44.1 Å². The molecule has 0 saturated carbocycles. The highest BCUT2D eigenvalue weighted by molar-refractivity contribution is 5.99. The Bertz CT molecular complexity index is 474. The van der Waals surface area contributed by atoms with Gasteiger partial charge in [0, 0.05) is 7.05 Å². The molecule has 1 aromatic carbocycles. The van der Waals surface area contributed by atoms with Crippen molar-refractivity contribution in [3.63, 3.8) is 0 Å². The van der Waals surface area contributed by atoms with E-state index in [1.54, 1.807) is 25.1 Å². The molecule has 1 rings (SSSR count). The number of ether oxygens (including phenoxy) is 2. The maximum Gasteiger partial charge on any atom is 0.325 e. The van der Waals surface area contributed by atoms with Gasteiger partial charge < -0.3 is 20.1 Å². The Hall–Kier alpha value is -2.24. The third kappa shape index (κ3) is 3.61. The Morgan fingerprint density at radius 1 is 1.37 bits per heavy atom. The lowest BCUT2D eigenvalue weighted by Crippen LogP contribution is -2.33. The lowest BCUT2D eigenvalue weighted by atomic mass is 10.1. The molecule has 0 fully saturated rings. The van der Waals surface area contributed by atoms with E-state index in [1.165, 1.54) is 19.1 Å². The third-order valence-corrected chi connectivity index (χ3v) is 2.51. The van der Waals surface area contributed by atoms with Gasteiger partial charge in [0.1, 0.15) is 6.54 Å². The summed E-state index contributed by atoms with van der Waals surface area (Å²) in [6, 6.07) is 4.93. The van der Waals surface area contributed by atoms with Gasteiger partial charge in [0.15, 0.2) is 5.75 Å². The molecular weight excluding hydrogens is 248 g/mol. The maximum atomic E-state index is 12.2. The number of methoxy groups -OCH3 is 1. The number of para-hydroxylation sites is 1. The highest BCUT2D eigenvalue weighted by atomic mass is 16.5. The monoisotopic (exact) mass is 266 g/mol. The predicted molar refractivity (Wildman–Crippen MR) is 71.0 cm³/mol. The number of carbonyl (C=O) groups is 2. The molecule has 0 aliphatic rings. The van der Waals surface area contributed by atoms with Crippen LogP contribution in [0.1, 0.15) is 17.3 Å². The van der Waals surface area contributed by atoms with Crippen molar-refractivity contribution in [3.05, 3.63) is 23.8 Å². The minimum Gasteiger partial charge on any atom is -0.491 e. The number of hydrogen-bond acceptors (Lipinski definition) is 5. The van der Waals surface area contributed by atoms with E-state index in [4.69, 9.17) is 10.5 Å². The van der Waals surface area contributed by atoms with Gasteiger partial charge in [-0.2, -0.15) is 0 Å². The summed E-state index contributed by atoms with van der Waals surface area (Å²) in [6.45, 7) is 2.07. The van der Waals surface area contributed by atoms with Crippen LogP contribution in [0, 0.1) is 0 Å². The summed E-state index contributed by atoms with van der Waals surface area (Å²) < 4.78 is 9.90. The van der Waals surface area contributed by atoms with Gasteiger partial charge in [0.05, 0.1) is 25.0 Å². The number of anilines is 1. The predicted octanol–water partition coefficient (Wildman–Crippen LogP) is 0.912. The summed E-state index contributed by atoms with van der Waals surface area (Å²) in [7, 11) is 2.78. The standard InChI is InChI=1S/C13H18N2O4/c1-4-19-12-9(6-5-7-10(12)14)13(17)15(2)8-11(16)18-3/h5-7H,4,8,14H2,1-3H3. The van der Waals surface area contributed by atoms with Gasteiger partial charge in [-0.15, -0.1) is 0 Å². The molecule has 2 N–H and O–H groups in total. The second-order valence-electron chi connectivity index (χ2n) is 3.89. The Balaban J connectivity index is 2.98. The fraction of sp³-hybridized carbons (Fsp3) is 0.385. The molecule has 0 bridgehead atoms. The Morgan fingerprint density at radius 2 is 2.05 bits per heavy atom. The molecule has 19 heavy (non-hydrogen) atoms. The van der Waals surface area contributed by atoms with E-state index in [0.717, 1.165) is 0 Å². The summed E-state index contributed by atoms with van der Waals surface area (Å²) in [5, 5.41) is 0. The van der Waals surface area contributed by atoms with Gasteiger partial charge in [-0.05, 0) is 19.1 Å². The van der Waals surface area contributed by atoms with Crippen molar-refractivity contribution in [2.45, 2.75) is 6.92 Å². The van der Waals surface area contributed by atoms with Gasteiger partial charge in [0.25, 0.3) is 5.91 Å². The van der Waals surface area contributed by atoms with Gasteiger partial charge in [-0.3, -0.25) is 9.59 Å². The van der Waals surface area contributed by atoms with E-state index in [0.29, 0.717) is 23.6 Å². The zero-order valence-corrected chi connectivity index (χ0v) is 11.3. The quantitative estimate of drug-likeness (QED) is 0.633. The number of hydrogen-bond donors (Lipinski definition) is 1. The molecule has 6 nitrogen and oxygen atoms in total. The number of benzene rings is 1. The van der Waals surface area contributed by atoms with Gasteiger partial charge in [-0.25, -0.2) is 0 Å². The molecule has 0 aromatic heterocycles. The first-order valence-corrected chi connectivity index (χ1v) is 5.84. The van der Waals surface area contributed by atoms with E-state index in [1.807, 2.05) is 0 Å². The fourth-order valence-electron chi connectivity index (χ4n) is 1.56. The highest BCUT2D eigenvalue weighted by Crippen LogP contribution is 2.27. The van der Waals surface area contributed by atoms with Crippen molar-refractivity contribution in [2.24, 2.45) is 0 Å². The molecule has 0 saturated heterocycles. The van der Waals surface area contributed by atoms with Crippen LogP contribution in [0.15, 0.2) is 18.2 Å². The first-order valence-electron chi connectivity index (χ1n) is 5.84. The highest BCUT2D eigenvalue weighted by Gasteiger charge is 2.20. The Morgan fingerprint density at radius 3 is 2.63 bits per heavy atom. The smallest absolute Gasteiger partial charge is 0.325 e. The van der Waals surface area contributed by atoms with E-state index < -0.39 is 5.97 Å². The third-order valence-electron chi connectivity index (χ3n) is 2.51. The lowest BCUT2D eigenvalue weighted by molar-refractivity contribution is -0.141. The van der Waals surface area contributed by atoms with Crippen molar-refractivity contribution in [1.29, 1.82) is 0 Å². The van der Waals surface area contributed by atoms with Crippen LogP contribution in [0.5, 0.6) is 5.75 Å².